The first-order chi connectivity index (χ1) is 2.24. The van der Waals surface area contributed by atoms with Crippen molar-refractivity contribution in [3.8, 4) is 0 Å². The molecule has 0 aromatic heterocycles. The van der Waals surface area contributed by atoms with E-state index < -0.39 is 3.36 Å². The van der Waals surface area contributed by atoms with Gasteiger partial charge in [-0.1, -0.05) is 0 Å². The Labute approximate surface area is 77.7 Å². The average Bonchev–Trinajstić information content (AvgIpc) is 0.650. The number of rotatable bonds is 0. The molecule has 0 N–H and O–H groups in total. The van der Waals surface area contributed by atoms with Crippen LogP contribution in [0.4, 0.5) is 0 Å². The van der Waals surface area contributed by atoms with Crippen LogP contribution in [0.15, 0.2) is 0 Å². The molecule has 0 aromatic carbocycles. The van der Waals surface area contributed by atoms with Crippen molar-refractivity contribution in [3.63, 3.8) is 0 Å². The summed E-state index contributed by atoms with van der Waals surface area (Å²) in [5, 5.41) is 0. The molecule has 0 aliphatic heterocycles. The van der Waals surface area contributed by atoms with Crippen LogP contribution in [0.3, 0.4) is 0 Å². The van der Waals surface area contributed by atoms with Gasteiger partial charge in [0.1, 0.15) is 0 Å². The molecule has 0 heterocycles. The van der Waals surface area contributed by atoms with Gasteiger partial charge in [-0.15, -0.1) is 0 Å². The second kappa shape index (κ2) is 2.95. The molecule has 0 aliphatic carbocycles. The Hall–Kier alpha value is 2.33. The third-order valence-electron chi connectivity index (χ3n) is 0. The largest absolute Gasteiger partial charge is 0 e. The van der Waals surface area contributed by atoms with Gasteiger partial charge in [0.05, 0.1) is 0 Å². The Balaban J connectivity index is 0. The van der Waals surface area contributed by atoms with E-state index in [9.17, 15) is 0 Å². The van der Waals surface area contributed by atoms with Crippen LogP contribution in [0.5, 0.6) is 0 Å². The Morgan fingerprint density at radius 3 is 0.714 bits per heavy atom. The van der Waals surface area contributed by atoms with Crippen LogP contribution in [-0.4, -0.2) is 0 Å². The molecule has 0 aliphatic rings. The molecule has 0 aromatic rings. The van der Waals surface area contributed by atoms with Gasteiger partial charge in [0, 0.05) is 22.4 Å². The molecule has 0 nitrogen and oxygen atoms in total. The standard InChI is InChI=1S/Ni.5S.Ta. The molecule has 0 bridgehead atoms. The fourth-order valence-corrected chi connectivity index (χ4v) is 0. The fraction of sp³-hybridized carbons (Fsp3) is 0. The Morgan fingerprint density at radius 2 is 0.714 bits per heavy atom. The zero-order valence-electron chi connectivity index (χ0n) is 2.80. The molecule has 0 rings (SSSR count). The maximum Gasteiger partial charge on any atom is 0 e. The first-order valence-electron chi connectivity index (χ1n) is 0.645. The van der Waals surface area contributed by atoms with E-state index in [0.29, 0.717) is 0 Å². The summed E-state index contributed by atoms with van der Waals surface area (Å²) in [6, 6.07) is 0. The third-order valence-corrected chi connectivity index (χ3v) is 0. The van der Waals surface area contributed by atoms with Gasteiger partial charge < -0.3 is 0 Å². The molecular weight excluding hydrogens is 400 g/mol. The van der Waals surface area contributed by atoms with Crippen molar-refractivity contribution < 1.29 is 25.7 Å². The quantitative estimate of drug-likeness (QED) is 0.572. The molecule has 0 saturated carbocycles. The molecule has 0 spiro atoms. The Morgan fingerprint density at radius 1 is 0.714 bits per heavy atom. The molecule has 0 atom stereocenters. The van der Waals surface area contributed by atoms with Crippen molar-refractivity contribution in [1.82, 2.24) is 0 Å². The Kier molecular flexibility index (Phi) is 5.07. The summed E-state index contributed by atoms with van der Waals surface area (Å²) in [5.74, 6) is 0. The molecule has 0 fully saturated rings. The second-order valence-electron chi connectivity index (χ2n) is 0.527. The summed E-state index contributed by atoms with van der Waals surface area (Å²) in [4.78, 5) is 0. The van der Waals surface area contributed by atoms with E-state index >= 15 is 0 Å². The molecule has 7 heteroatoms. The smallest absolute Gasteiger partial charge is 0 e. The summed E-state index contributed by atoms with van der Waals surface area (Å²) in [5.41, 5.74) is 0. The normalized spacial score (nSPS) is 15.7. The third kappa shape index (κ3) is 61.4. The van der Waals surface area contributed by atoms with Crippen LogP contribution in [0.25, 0.3) is 0 Å². The van der Waals surface area contributed by atoms with Crippen molar-refractivity contribution in [2.45, 2.75) is 0 Å². The van der Waals surface area contributed by atoms with Crippen molar-refractivity contribution in [2.75, 3.05) is 0 Å². The van der Waals surface area contributed by atoms with E-state index in [1.807, 2.05) is 0 Å². The molecule has 0 saturated heterocycles. The number of hydrogen-bond donors (Lipinski definition) is 0. The van der Waals surface area contributed by atoms with Gasteiger partial charge in [-0.05, 0) is 0 Å². The fourth-order valence-electron chi connectivity index (χ4n) is 0. The van der Waals surface area contributed by atoms with Crippen molar-refractivity contribution in [3.05, 3.63) is 0 Å². The van der Waals surface area contributed by atoms with Gasteiger partial charge in [-0.25, -0.2) is 0 Å². The van der Waals surface area contributed by atoms with Crippen LogP contribution in [0.2, 0.25) is 0 Å². The monoisotopic (exact) mass is 399 g/mol. The van der Waals surface area contributed by atoms with Gasteiger partial charge in [0.25, 0.3) is 0 Å². The van der Waals surface area contributed by atoms with Crippen molar-refractivity contribution >= 4 is 53.3 Å². The van der Waals surface area contributed by atoms with Gasteiger partial charge in [-0.3, -0.25) is 0 Å². The second-order valence-corrected chi connectivity index (χ2v) is 19.6. The van der Waals surface area contributed by atoms with Gasteiger partial charge in [-0.2, -0.15) is 0 Å². The summed E-state index contributed by atoms with van der Waals surface area (Å²) >= 11 is 0. The van der Waals surface area contributed by atoms with Crippen LogP contribution in [0.1, 0.15) is 0 Å². The van der Waals surface area contributed by atoms with Gasteiger partial charge in [0.15, 0.2) is 0 Å². The van der Waals surface area contributed by atoms with Crippen LogP contribution in [-0.2, 0) is 25.7 Å². The molecule has 0 unspecified atom stereocenters. The van der Waals surface area contributed by atoms with E-state index in [1.54, 1.807) is 0 Å². The molecule has 7 heavy (non-hydrogen) atoms. The van der Waals surface area contributed by atoms with Crippen LogP contribution >= 0.6 is 53.3 Å². The zero-order chi connectivity index (χ0) is 5.45. The summed E-state index contributed by atoms with van der Waals surface area (Å²) < 4.78 is -3.01. The van der Waals surface area contributed by atoms with Crippen molar-refractivity contribution in [1.29, 1.82) is 0 Å². The topological polar surface area (TPSA) is 0 Å². The van der Waals surface area contributed by atoms with E-state index in [2.05, 4.69) is 53.3 Å². The first-order valence-corrected chi connectivity index (χ1v) is 7.98. The number of hydrogen-bond acceptors (Lipinski definition) is 5. The molecule has 0 amide bonds. The van der Waals surface area contributed by atoms with Gasteiger partial charge in [0.2, 0.25) is 0 Å². The SMILES string of the molecule is [S]=[Ni](=[S])(=[S])(=[S])=[S].[Ta]. The van der Waals surface area contributed by atoms with E-state index in [-0.39, 0.29) is 22.4 Å². The Bertz CT molecular complexity index is 278. The van der Waals surface area contributed by atoms with E-state index in [0.717, 1.165) is 0 Å². The maximum absolute atomic E-state index is 4.41. The maximum atomic E-state index is 4.41. The van der Waals surface area contributed by atoms with Crippen molar-refractivity contribution in [2.24, 2.45) is 0 Å². The van der Waals surface area contributed by atoms with Gasteiger partial charge >= 0.3 is 56.6 Å². The first kappa shape index (κ1) is 12.1. The van der Waals surface area contributed by atoms with Crippen LogP contribution in [0, 0.1) is 0 Å². The summed E-state index contributed by atoms with van der Waals surface area (Å²) in [6.07, 6.45) is 0. The summed E-state index contributed by atoms with van der Waals surface area (Å²) in [7, 11) is 22.0. The zero-order valence-corrected chi connectivity index (χ0v) is 11.1. The predicted octanol–water partition coefficient (Wildman–Crippen LogP) is 3.24. The average molecular weight is 400 g/mol. The summed E-state index contributed by atoms with van der Waals surface area (Å²) in [6.45, 7) is 0. The minimum absolute atomic E-state index is 0. The van der Waals surface area contributed by atoms with E-state index in [4.69, 9.17) is 0 Å². The van der Waals surface area contributed by atoms with Crippen LogP contribution < -0.4 is 0 Å². The molecule has 45 valence electrons. The van der Waals surface area contributed by atoms with E-state index in [1.165, 1.54) is 0 Å². The minimum Gasteiger partial charge on any atom is 0 e. The molecular formula is NiS5Ta. The minimum atomic E-state index is -3.01. The molecule has 1 radical (unpaired) electrons. The predicted molar refractivity (Wildman–Crippen MR) is 38.0 cm³/mol.